The second-order valence-corrected chi connectivity index (χ2v) is 8.60. The first kappa shape index (κ1) is 23.4. The Kier molecular flexibility index (Phi) is 7.85. The van der Waals surface area contributed by atoms with E-state index in [9.17, 15) is 9.18 Å². The minimum Gasteiger partial charge on any atom is -0.493 e. The van der Waals surface area contributed by atoms with E-state index < -0.39 is 11.7 Å². The van der Waals surface area contributed by atoms with Gasteiger partial charge in [0.1, 0.15) is 10.8 Å². The predicted octanol–water partition coefficient (Wildman–Crippen LogP) is 4.40. The zero-order chi connectivity index (χ0) is 22.5. The third-order valence-electron chi connectivity index (χ3n) is 4.68. The van der Waals surface area contributed by atoms with E-state index in [4.69, 9.17) is 26.4 Å². The van der Waals surface area contributed by atoms with Crippen LogP contribution in [-0.2, 0) is 9.53 Å². The highest BCUT2D eigenvalue weighted by Crippen LogP contribution is 2.29. The summed E-state index contributed by atoms with van der Waals surface area (Å²) in [5.74, 6) is -0.176. The molecule has 0 bridgehead atoms. The molecule has 1 saturated heterocycles. The monoisotopic (exact) mass is 510 g/mol. The Labute approximate surface area is 194 Å². The fourth-order valence-electron chi connectivity index (χ4n) is 3.37. The molecule has 9 heteroatoms. The first-order chi connectivity index (χ1) is 14.8. The SMILES string of the molecule is COc1cc(C(=S)N2C[C@@H](C)O[C@@H](C)C2)ccc1OCC(=O)Nc1ccc(Br)cc1F. The topological polar surface area (TPSA) is 60.0 Å². The van der Waals surface area contributed by atoms with Gasteiger partial charge in [-0.05, 0) is 50.2 Å². The zero-order valence-corrected chi connectivity index (χ0v) is 19.9. The molecule has 0 radical (unpaired) electrons. The Morgan fingerprint density at radius 1 is 1.23 bits per heavy atom. The predicted molar refractivity (Wildman–Crippen MR) is 125 cm³/mol. The minimum atomic E-state index is -0.537. The summed E-state index contributed by atoms with van der Waals surface area (Å²) in [6.45, 7) is 5.18. The summed E-state index contributed by atoms with van der Waals surface area (Å²) < 4.78 is 31.3. The second-order valence-electron chi connectivity index (χ2n) is 7.29. The van der Waals surface area contributed by atoms with Gasteiger partial charge in [0.2, 0.25) is 0 Å². The van der Waals surface area contributed by atoms with Crippen LogP contribution in [0.15, 0.2) is 40.9 Å². The van der Waals surface area contributed by atoms with Crippen LogP contribution < -0.4 is 14.8 Å². The lowest BCUT2D eigenvalue weighted by molar-refractivity contribution is -0.118. The van der Waals surface area contributed by atoms with E-state index in [1.54, 1.807) is 18.2 Å². The highest BCUT2D eigenvalue weighted by Gasteiger charge is 2.25. The van der Waals surface area contributed by atoms with Crippen LogP contribution in [0, 0.1) is 5.82 Å². The molecule has 0 saturated carbocycles. The van der Waals surface area contributed by atoms with E-state index in [1.165, 1.54) is 19.2 Å². The Hall–Kier alpha value is -2.23. The van der Waals surface area contributed by atoms with Gasteiger partial charge in [-0.25, -0.2) is 4.39 Å². The Morgan fingerprint density at radius 2 is 1.94 bits per heavy atom. The van der Waals surface area contributed by atoms with Gasteiger partial charge in [0.15, 0.2) is 18.1 Å². The first-order valence-corrected chi connectivity index (χ1v) is 11.0. The first-order valence-electron chi connectivity index (χ1n) is 9.77. The number of nitrogens with zero attached hydrogens (tertiary/aromatic N) is 1. The van der Waals surface area contributed by atoms with Crippen molar-refractivity contribution in [1.29, 1.82) is 0 Å². The number of rotatable bonds is 6. The molecular weight excluding hydrogens is 487 g/mol. The van der Waals surface area contributed by atoms with Crippen LogP contribution in [0.25, 0.3) is 0 Å². The maximum Gasteiger partial charge on any atom is 0.262 e. The highest BCUT2D eigenvalue weighted by atomic mass is 79.9. The third kappa shape index (κ3) is 6.15. The van der Waals surface area contributed by atoms with Gasteiger partial charge in [-0.3, -0.25) is 4.79 Å². The van der Waals surface area contributed by atoms with Crippen molar-refractivity contribution < 1.29 is 23.4 Å². The van der Waals surface area contributed by atoms with Crippen molar-refractivity contribution in [1.82, 2.24) is 4.90 Å². The maximum atomic E-state index is 13.9. The van der Waals surface area contributed by atoms with Crippen molar-refractivity contribution in [2.45, 2.75) is 26.1 Å². The molecule has 2 aromatic rings. The number of carbonyl (C=O) groups is 1. The molecule has 2 aromatic carbocycles. The summed E-state index contributed by atoms with van der Waals surface area (Å²) in [7, 11) is 1.52. The molecule has 1 fully saturated rings. The number of thiocarbonyl (C=S) groups is 1. The van der Waals surface area contributed by atoms with E-state index >= 15 is 0 Å². The van der Waals surface area contributed by atoms with Gasteiger partial charge in [0, 0.05) is 23.1 Å². The molecule has 1 aliphatic rings. The summed E-state index contributed by atoms with van der Waals surface area (Å²) in [5, 5.41) is 2.49. The van der Waals surface area contributed by atoms with Gasteiger partial charge in [0.05, 0.1) is 25.0 Å². The number of benzene rings is 2. The van der Waals surface area contributed by atoms with E-state index in [2.05, 4.69) is 26.1 Å². The smallest absolute Gasteiger partial charge is 0.262 e. The van der Waals surface area contributed by atoms with Gasteiger partial charge >= 0.3 is 0 Å². The molecule has 166 valence electrons. The number of anilines is 1. The van der Waals surface area contributed by atoms with Crippen LogP contribution in [0.5, 0.6) is 11.5 Å². The molecule has 31 heavy (non-hydrogen) atoms. The molecule has 1 heterocycles. The largest absolute Gasteiger partial charge is 0.493 e. The van der Waals surface area contributed by atoms with Crippen molar-refractivity contribution in [2.75, 3.05) is 32.1 Å². The highest BCUT2D eigenvalue weighted by molar-refractivity contribution is 9.10. The Balaban J connectivity index is 1.64. The molecule has 0 spiro atoms. The van der Waals surface area contributed by atoms with Crippen LogP contribution in [0.1, 0.15) is 19.4 Å². The number of morpholine rings is 1. The zero-order valence-electron chi connectivity index (χ0n) is 17.5. The van der Waals surface area contributed by atoms with Crippen LogP contribution in [0.2, 0.25) is 0 Å². The maximum absolute atomic E-state index is 13.9. The standard InChI is InChI=1S/C22H24BrFN2O4S/c1-13-10-26(11-14(2)30-13)22(31)15-4-7-19(20(8-15)28-3)29-12-21(27)25-18-6-5-16(23)9-17(18)24/h4-9,13-14H,10-12H2,1-3H3,(H,25,27)/t13-,14+. The fourth-order valence-corrected chi connectivity index (χ4v) is 3.98. The lowest BCUT2D eigenvalue weighted by Crippen LogP contribution is -2.47. The molecule has 0 aromatic heterocycles. The molecule has 0 aliphatic carbocycles. The number of halogens is 2. The lowest BCUT2D eigenvalue weighted by atomic mass is 10.1. The van der Waals surface area contributed by atoms with E-state index in [0.29, 0.717) is 21.0 Å². The molecule has 3 rings (SSSR count). The number of amides is 1. The Morgan fingerprint density at radius 3 is 2.58 bits per heavy atom. The van der Waals surface area contributed by atoms with E-state index in [1.807, 2.05) is 19.9 Å². The molecule has 2 atom stereocenters. The second kappa shape index (κ2) is 10.4. The average Bonchev–Trinajstić information content (AvgIpc) is 2.73. The van der Waals surface area contributed by atoms with Crippen molar-refractivity contribution in [2.24, 2.45) is 0 Å². The van der Waals surface area contributed by atoms with Crippen LogP contribution in [0.3, 0.4) is 0 Å². The van der Waals surface area contributed by atoms with Crippen LogP contribution in [-0.4, -0.2) is 54.8 Å². The average molecular weight is 511 g/mol. The summed E-state index contributed by atoms with van der Waals surface area (Å²) >= 11 is 8.85. The molecule has 1 amide bonds. The molecule has 1 aliphatic heterocycles. The number of ether oxygens (including phenoxy) is 3. The van der Waals surface area contributed by atoms with Crippen molar-refractivity contribution in [3.8, 4) is 11.5 Å². The van der Waals surface area contributed by atoms with E-state index in [0.717, 1.165) is 18.7 Å². The fraction of sp³-hybridized carbons (Fsp3) is 0.364. The summed E-state index contributed by atoms with van der Waals surface area (Å²) in [5.41, 5.74) is 0.903. The van der Waals surface area contributed by atoms with Crippen LogP contribution in [0.4, 0.5) is 10.1 Å². The summed E-state index contributed by atoms with van der Waals surface area (Å²) in [6, 6.07) is 9.71. The molecular formula is C22H24BrFN2O4S. The van der Waals surface area contributed by atoms with Crippen LogP contribution >= 0.6 is 28.1 Å². The summed E-state index contributed by atoms with van der Waals surface area (Å²) in [4.78, 5) is 15.0. The lowest BCUT2D eigenvalue weighted by Gasteiger charge is -2.37. The molecule has 6 nitrogen and oxygen atoms in total. The van der Waals surface area contributed by atoms with Gasteiger partial charge in [-0.15, -0.1) is 0 Å². The Bertz CT molecular complexity index is 965. The van der Waals surface area contributed by atoms with Gasteiger partial charge < -0.3 is 24.4 Å². The quantitative estimate of drug-likeness (QED) is 0.581. The number of hydrogen-bond acceptors (Lipinski definition) is 5. The van der Waals surface area contributed by atoms with Crippen molar-refractivity contribution in [3.63, 3.8) is 0 Å². The molecule has 0 unspecified atom stereocenters. The van der Waals surface area contributed by atoms with E-state index in [-0.39, 0.29) is 24.5 Å². The molecule has 1 N–H and O–H groups in total. The number of hydrogen-bond donors (Lipinski definition) is 1. The van der Waals surface area contributed by atoms with Gasteiger partial charge in [-0.1, -0.05) is 28.1 Å². The van der Waals surface area contributed by atoms with Gasteiger partial charge in [-0.2, -0.15) is 0 Å². The van der Waals surface area contributed by atoms with Crippen molar-refractivity contribution in [3.05, 3.63) is 52.3 Å². The normalized spacial score (nSPS) is 18.4. The minimum absolute atomic E-state index is 0.0819. The van der Waals surface area contributed by atoms with Gasteiger partial charge in [0.25, 0.3) is 5.91 Å². The summed E-state index contributed by atoms with van der Waals surface area (Å²) in [6.07, 6.45) is 0.195. The third-order valence-corrected chi connectivity index (χ3v) is 5.67. The number of carbonyl (C=O) groups excluding carboxylic acids is 1. The number of methoxy groups -OCH3 is 1. The number of nitrogens with one attached hydrogen (secondary N) is 1. The van der Waals surface area contributed by atoms with Crippen molar-refractivity contribution >= 4 is 44.7 Å².